The maximum atomic E-state index is 13.2. The van der Waals surface area contributed by atoms with Crippen LogP contribution < -0.4 is 25.4 Å². The third-order valence-corrected chi connectivity index (χ3v) is 5.16. The molecule has 0 bridgehead atoms. The van der Waals surface area contributed by atoms with Crippen molar-refractivity contribution < 1.29 is 14.3 Å². The van der Waals surface area contributed by atoms with Gasteiger partial charge in [0.2, 0.25) is 0 Å². The lowest BCUT2D eigenvalue weighted by Gasteiger charge is -2.30. The van der Waals surface area contributed by atoms with Crippen LogP contribution in [0.15, 0.2) is 47.7 Å². The summed E-state index contributed by atoms with van der Waals surface area (Å²) in [6.07, 6.45) is 0. The molecule has 1 heterocycles. The lowest BCUT2D eigenvalue weighted by molar-refractivity contribution is -0.113. The molecule has 0 spiro atoms. The number of hydrogen-bond donors (Lipinski definition) is 3. The molecule has 0 aliphatic carbocycles. The van der Waals surface area contributed by atoms with E-state index in [-0.39, 0.29) is 5.91 Å². The van der Waals surface area contributed by atoms with Crippen molar-refractivity contribution in [2.75, 3.05) is 19.5 Å². The highest BCUT2D eigenvalue weighted by atomic mass is 35.5. The first-order valence-electron chi connectivity index (χ1n) is 8.91. The van der Waals surface area contributed by atoms with E-state index in [1.165, 1.54) is 0 Å². The number of anilines is 1. The first-order chi connectivity index (χ1) is 13.8. The molecular weight excluding hydrogens is 410 g/mol. The molecule has 0 unspecified atom stereocenters. The summed E-state index contributed by atoms with van der Waals surface area (Å²) in [6.45, 7) is 3.73. The number of nitrogens with one attached hydrogen (secondary N) is 3. The molecule has 8 heteroatoms. The minimum atomic E-state index is -0.456. The molecular formula is C21H22ClN3O3S. The van der Waals surface area contributed by atoms with E-state index < -0.39 is 6.04 Å². The van der Waals surface area contributed by atoms with Gasteiger partial charge in [-0.2, -0.15) is 0 Å². The molecule has 2 aromatic carbocycles. The van der Waals surface area contributed by atoms with E-state index in [1.807, 2.05) is 32.0 Å². The quantitative estimate of drug-likeness (QED) is 0.619. The second kappa shape index (κ2) is 8.71. The second-order valence-corrected chi connectivity index (χ2v) is 7.44. The summed E-state index contributed by atoms with van der Waals surface area (Å²) in [5.41, 5.74) is 3.58. The molecule has 2 aromatic rings. The van der Waals surface area contributed by atoms with Gasteiger partial charge in [0.25, 0.3) is 5.91 Å². The van der Waals surface area contributed by atoms with Crippen molar-refractivity contribution in [1.29, 1.82) is 0 Å². The summed E-state index contributed by atoms with van der Waals surface area (Å²) in [5, 5.41) is 10.2. The minimum Gasteiger partial charge on any atom is -0.493 e. The van der Waals surface area contributed by atoms with E-state index in [4.69, 9.17) is 33.3 Å². The fourth-order valence-electron chi connectivity index (χ4n) is 3.20. The number of allylic oxidation sites excluding steroid dienone is 1. The number of aryl methyl sites for hydroxylation is 1. The second-order valence-electron chi connectivity index (χ2n) is 6.60. The van der Waals surface area contributed by atoms with Crippen molar-refractivity contribution in [2.45, 2.75) is 19.9 Å². The van der Waals surface area contributed by atoms with Gasteiger partial charge in [-0.3, -0.25) is 4.79 Å². The van der Waals surface area contributed by atoms with Gasteiger partial charge in [0.1, 0.15) is 0 Å². The fourth-order valence-corrected chi connectivity index (χ4v) is 3.64. The molecule has 6 nitrogen and oxygen atoms in total. The summed E-state index contributed by atoms with van der Waals surface area (Å²) >= 11 is 11.4. The predicted octanol–water partition coefficient (Wildman–Crippen LogP) is 4.10. The molecule has 0 radical (unpaired) electrons. The van der Waals surface area contributed by atoms with Crippen molar-refractivity contribution in [3.8, 4) is 11.5 Å². The van der Waals surface area contributed by atoms with Gasteiger partial charge >= 0.3 is 0 Å². The number of ether oxygens (including phenoxy) is 2. The van der Waals surface area contributed by atoms with Crippen LogP contribution in [0.5, 0.6) is 11.5 Å². The number of amides is 1. The number of hydrogen-bond acceptors (Lipinski definition) is 4. The number of methoxy groups -OCH3 is 2. The molecule has 0 saturated heterocycles. The summed E-state index contributed by atoms with van der Waals surface area (Å²) < 4.78 is 10.7. The number of benzene rings is 2. The van der Waals surface area contributed by atoms with Gasteiger partial charge in [-0.1, -0.05) is 23.7 Å². The van der Waals surface area contributed by atoms with Gasteiger partial charge in [0, 0.05) is 16.4 Å². The normalized spacial score (nSPS) is 16.0. The highest BCUT2D eigenvalue weighted by molar-refractivity contribution is 7.80. The van der Waals surface area contributed by atoms with Gasteiger partial charge in [0.05, 0.1) is 25.8 Å². The number of thiocarbonyl (C=S) groups is 1. The van der Waals surface area contributed by atoms with Gasteiger partial charge in [-0.15, -0.1) is 0 Å². The summed E-state index contributed by atoms with van der Waals surface area (Å²) in [4.78, 5) is 13.2. The van der Waals surface area contributed by atoms with Crippen LogP contribution in [0.4, 0.5) is 5.69 Å². The van der Waals surface area contributed by atoms with E-state index in [0.717, 1.165) is 11.1 Å². The Morgan fingerprint density at radius 1 is 1.10 bits per heavy atom. The molecule has 152 valence electrons. The number of carbonyl (C=O) groups excluding carboxylic acids is 1. The van der Waals surface area contributed by atoms with Crippen molar-refractivity contribution in [2.24, 2.45) is 0 Å². The smallest absolute Gasteiger partial charge is 0.255 e. The Morgan fingerprint density at radius 3 is 2.52 bits per heavy atom. The molecule has 3 N–H and O–H groups in total. The average Bonchev–Trinajstić information content (AvgIpc) is 2.69. The van der Waals surface area contributed by atoms with Gasteiger partial charge < -0.3 is 25.4 Å². The van der Waals surface area contributed by atoms with Crippen LogP contribution in [0.2, 0.25) is 5.02 Å². The first kappa shape index (κ1) is 21.0. The summed E-state index contributed by atoms with van der Waals surface area (Å²) in [7, 11) is 3.14. The Labute approximate surface area is 180 Å². The highest BCUT2D eigenvalue weighted by Crippen LogP contribution is 2.34. The Kier molecular flexibility index (Phi) is 6.30. The predicted molar refractivity (Wildman–Crippen MR) is 119 cm³/mol. The van der Waals surface area contributed by atoms with E-state index in [2.05, 4.69) is 16.0 Å². The molecule has 3 rings (SSSR count). The van der Waals surface area contributed by atoms with Crippen LogP contribution in [0, 0.1) is 6.92 Å². The van der Waals surface area contributed by atoms with Crippen molar-refractivity contribution in [3.63, 3.8) is 0 Å². The van der Waals surface area contributed by atoms with Crippen LogP contribution >= 0.6 is 23.8 Å². The third-order valence-electron chi connectivity index (χ3n) is 4.70. The minimum absolute atomic E-state index is 0.254. The first-order valence-corrected chi connectivity index (χ1v) is 9.70. The van der Waals surface area contributed by atoms with Crippen LogP contribution in [0.25, 0.3) is 0 Å². The SMILES string of the molecule is COc1ccc([C@@H]2NC(=S)NC(C)=C2C(=O)Nc2cc(Cl)ccc2C)cc1OC. The Hall–Kier alpha value is -2.77. The molecule has 0 saturated carbocycles. The zero-order valence-electron chi connectivity index (χ0n) is 16.6. The van der Waals surface area contributed by atoms with E-state index in [9.17, 15) is 4.79 Å². The zero-order valence-corrected chi connectivity index (χ0v) is 18.1. The van der Waals surface area contributed by atoms with Crippen LogP contribution in [-0.2, 0) is 4.79 Å². The molecule has 29 heavy (non-hydrogen) atoms. The van der Waals surface area contributed by atoms with Gasteiger partial charge in [-0.25, -0.2) is 0 Å². The maximum Gasteiger partial charge on any atom is 0.255 e. The van der Waals surface area contributed by atoms with Gasteiger partial charge in [0.15, 0.2) is 16.6 Å². The largest absolute Gasteiger partial charge is 0.493 e. The lowest BCUT2D eigenvalue weighted by atomic mass is 9.94. The van der Waals surface area contributed by atoms with Crippen molar-refractivity contribution in [1.82, 2.24) is 10.6 Å². The topological polar surface area (TPSA) is 71.6 Å². The van der Waals surface area contributed by atoms with Crippen LogP contribution in [0.3, 0.4) is 0 Å². The molecule has 1 atom stereocenters. The number of rotatable bonds is 5. The zero-order chi connectivity index (χ0) is 21.1. The number of carbonyl (C=O) groups is 1. The monoisotopic (exact) mass is 431 g/mol. The van der Waals surface area contributed by atoms with Gasteiger partial charge in [-0.05, 0) is 61.5 Å². The standard InChI is InChI=1S/C21H22ClN3O3S/c1-11-5-7-14(22)10-15(11)24-20(26)18-12(2)23-21(29)25-19(18)13-6-8-16(27-3)17(9-13)28-4/h5-10,19H,1-4H3,(H,24,26)(H2,23,25,29)/t19-/m0/s1. The fraction of sp³-hybridized carbons (Fsp3) is 0.238. The van der Waals surface area contributed by atoms with E-state index in [0.29, 0.717) is 38.6 Å². The van der Waals surface area contributed by atoms with Crippen LogP contribution in [0.1, 0.15) is 24.1 Å². The summed E-state index contributed by atoms with van der Waals surface area (Å²) in [6, 6.07) is 10.4. The lowest BCUT2D eigenvalue weighted by Crippen LogP contribution is -2.45. The Balaban J connectivity index is 2.00. The number of halogens is 1. The third kappa shape index (κ3) is 4.46. The van der Waals surface area contributed by atoms with Crippen molar-refractivity contribution >= 4 is 40.5 Å². The molecule has 0 fully saturated rings. The molecule has 0 aromatic heterocycles. The molecule has 1 aliphatic rings. The Morgan fingerprint density at radius 2 is 1.83 bits per heavy atom. The maximum absolute atomic E-state index is 13.2. The van der Waals surface area contributed by atoms with Crippen molar-refractivity contribution in [3.05, 3.63) is 63.8 Å². The highest BCUT2D eigenvalue weighted by Gasteiger charge is 2.30. The average molecular weight is 432 g/mol. The molecule has 1 aliphatic heterocycles. The van der Waals surface area contributed by atoms with E-state index >= 15 is 0 Å². The van der Waals surface area contributed by atoms with Crippen LogP contribution in [-0.4, -0.2) is 25.2 Å². The molecule has 1 amide bonds. The summed E-state index contributed by atoms with van der Waals surface area (Å²) in [5.74, 6) is 0.920. The Bertz CT molecular complexity index is 1010. The van der Waals surface area contributed by atoms with E-state index in [1.54, 1.807) is 32.4 Å².